The lowest BCUT2D eigenvalue weighted by Gasteiger charge is -2.10. The molecule has 2 rings (SSSR count). The number of hydrogen-bond donors (Lipinski definition) is 1. The summed E-state index contributed by atoms with van der Waals surface area (Å²) in [5.74, 6) is 0.818. The fraction of sp³-hybridized carbons (Fsp3) is 0.312. The minimum atomic E-state index is 0.660. The first-order valence-electron chi connectivity index (χ1n) is 6.61. The minimum Gasteiger partial charge on any atom is -0.496 e. The summed E-state index contributed by atoms with van der Waals surface area (Å²) in [5, 5.41) is 14.5. The zero-order valence-electron chi connectivity index (χ0n) is 11.8. The van der Waals surface area contributed by atoms with Gasteiger partial charge in [0.05, 0.1) is 18.7 Å². The van der Waals surface area contributed by atoms with E-state index in [1.165, 1.54) is 10.4 Å². The lowest BCUT2D eigenvalue weighted by molar-refractivity contribution is 0.407. The van der Waals surface area contributed by atoms with Crippen molar-refractivity contribution in [3.05, 3.63) is 51.2 Å². The van der Waals surface area contributed by atoms with Gasteiger partial charge in [0.25, 0.3) is 0 Å². The van der Waals surface area contributed by atoms with Gasteiger partial charge in [0, 0.05) is 23.5 Å². The molecule has 0 saturated carbocycles. The van der Waals surface area contributed by atoms with Crippen LogP contribution in [0.4, 0.5) is 0 Å². The molecule has 0 radical (unpaired) electrons. The standard InChI is InChI=1S/C16H18N2OS/c1-3-13-6-7-20-16(13)11-18-10-14-8-12(9-17)4-5-15(14)19-2/h4-8,18H,3,10-11H2,1-2H3. The summed E-state index contributed by atoms with van der Waals surface area (Å²) >= 11 is 1.78. The predicted octanol–water partition coefficient (Wildman–Crippen LogP) is 3.48. The topological polar surface area (TPSA) is 45.0 Å². The molecule has 20 heavy (non-hydrogen) atoms. The number of ether oxygens (including phenoxy) is 1. The van der Waals surface area contributed by atoms with Crippen LogP contribution in [-0.2, 0) is 19.5 Å². The molecule has 0 amide bonds. The first-order valence-corrected chi connectivity index (χ1v) is 7.49. The molecule has 0 saturated heterocycles. The van der Waals surface area contributed by atoms with Crippen LogP contribution < -0.4 is 10.1 Å². The van der Waals surface area contributed by atoms with Crippen LogP contribution in [0.15, 0.2) is 29.6 Å². The predicted molar refractivity (Wildman–Crippen MR) is 81.9 cm³/mol. The van der Waals surface area contributed by atoms with Crippen LogP contribution >= 0.6 is 11.3 Å². The van der Waals surface area contributed by atoms with E-state index in [-0.39, 0.29) is 0 Å². The summed E-state index contributed by atoms with van der Waals surface area (Å²) < 4.78 is 5.33. The van der Waals surface area contributed by atoms with Gasteiger partial charge in [-0.2, -0.15) is 5.26 Å². The van der Waals surface area contributed by atoms with Crippen molar-refractivity contribution in [3.8, 4) is 11.8 Å². The normalized spacial score (nSPS) is 10.2. The van der Waals surface area contributed by atoms with Crippen molar-refractivity contribution in [2.45, 2.75) is 26.4 Å². The van der Waals surface area contributed by atoms with Crippen LogP contribution in [-0.4, -0.2) is 7.11 Å². The average Bonchev–Trinajstić information content (AvgIpc) is 2.94. The van der Waals surface area contributed by atoms with Crippen molar-refractivity contribution < 1.29 is 4.74 Å². The maximum Gasteiger partial charge on any atom is 0.123 e. The van der Waals surface area contributed by atoms with E-state index in [9.17, 15) is 0 Å². The Bertz CT molecular complexity index is 613. The second kappa shape index (κ2) is 7.09. The monoisotopic (exact) mass is 286 g/mol. The third-order valence-corrected chi connectivity index (χ3v) is 4.19. The molecular formula is C16H18N2OS. The Morgan fingerprint density at radius 2 is 2.10 bits per heavy atom. The van der Waals surface area contributed by atoms with Crippen molar-refractivity contribution in [3.63, 3.8) is 0 Å². The molecule has 0 bridgehead atoms. The average molecular weight is 286 g/mol. The van der Waals surface area contributed by atoms with Crippen molar-refractivity contribution in [2.75, 3.05) is 7.11 Å². The lowest BCUT2D eigenvalue weighted by atomic mass is 10.1. The Balaban J connectivity index is 2.02. The smallest absolute Gasteiger partial charge is 0.123 e. The van der Waals surface area contributed by atoms with Gasteiger partial charge in [-0.15, -0.1) is 11.3 Å². The fourth-order valence-corrected chi connectivity index (χ4v) is 3.08. The lowest BCUT2D eigenvalue weighted by Crippen LogP contribution is -2.13. The summed E-state index contributed by atoms with van der Waals surface area (Å²) in [6, 6.07) is 9.83. The molecule has 1 aromatic carbocycles. The first-order chi connectivity index (χ1) is 9.78. The molecule has 2 aromatic rings. The number of nitrogens with one attached hydrogen (secondary N) is 1. The number of thiophene rings is 1. The molecule has 0 fully saturated rings. The zero-order chi connectivity index (χ0) is 14.4. The van der Waals surface area contributed by atoms with E-state index < -0.39 is 0 Å². The van der Waals surface area contributed by atoms with Gasteiger partial charge >= 0.3 is 0 Å². The Kier molecular flexibility index (Phi) is 5.16. The quantitative estimate of drug-likeness (QED) is 0.884. The molecule has 0 spiro atoms. The van der Waals surface area contributed by atoms with E-state index in [1.807, 2.05) is 12.1 Å². The second-order valence-electron chi connectivity index (χ2n) is 4.46. The number of rotatable bonds is 6. The number of methoxy groups -OCH3 is 1. The van der Waals surface area contributed by atoms with Crippen LogP contribution in [0.5, 0.6) is 5.75 Å². The van der Waals surface area contributed by atoms with Crippen molar-refractivity contribution in [2.24, 2.45) is 0 Å². The van der Waals surface area contributed by atoms with Crippen molar-refractivity contribution in [1.29, 1.82) is 5.26 Å². The van der Waals surface area contributed by atoms with Crippen LogP contribution in [0.2, 0.25) is 0 Å². The maximum absolute atomic E-state index is 8.96. The Morgan fingerprint density at radius 3 is 2.80 bits per heavy atom. The van der Waals surface area contributed by atoms with Crippen LogP contribution in [0, 0.1) is 11.3 Å². The van der Waals surface area contributed by atoms with E-state index >= 15 is 0 Å². The largest absolute Gasteiger partial charge is 0.496 e. The Labute approximate surface area is 123 Å². The second-order valence-corrected chi connectivity index (χ2v) is 5.47. The zero-order valence-corrected chi connectivity index (χ0v) is 12.6. The van der Waals surface area contributed by atoms with Gasteiger partial charge in [-0.05, 0) is 41.6 Å². The molecule has 0 atom stereocenters. The molecule has 3 nitrogen and oxygen atoms in total. The number of nitriles is 1. The van der Waals surface area contributed by atoms with Gasteiger partial charge in [-0.3, -0.25) is 0 Å². The molecule has 1 N–H and O–H groups in total. The van der Waals surface area contributed by atoms with Crippen molar-refractivity contribution in [1.82, 2.24) is 5.32 Å². The molecule has 1 aromatic heterocycles. The highest BCUT2D eigenvalue weighted by Gasteiger charge is 2.06. The number of aryl methyl sites for hydroxylation is 1. The number of nitrogens with zero attached hydrogens (tertiary/aromatic N) is 1. The first kappa shape index (κ1) is 14.6. The van der Waals surface area contributed by atoms with E-state index in [4.69, 9.17) is 10.00 Å². The molecular weight excluding hydrogens is 268 g/mol. The highest BCUT2D eigenvalue weighted by Crippen LogP contribution is 2.21. The van der Waals surface area contributed by atoms with Gasteiger partial charge in [0.1, 0.15) is 5.75 Å². The van der Waals surface area contributed by atoms with E-state index in [0.717, 1.165) is 24.3 Å². The van der Waals surface area contributed by atoms with E-state index in [1.54, 1.807) is 24.5 Å². The Hall–Kier alpha value is -1.83. The van der Waals surface area contributed by atoms with E-state index in [0.29, 0.717) is 12.1 Å². The molecule has 104 valence electrons. The third-order valence-electron chi connectivity index (χ3n) is 3.23. The molecule has 0 aliphatic carbocycles. The number of benzene rings is 1. The molecule has 0 aliphatic rings. The molecule has 0 unspecified atom stereocenters. The Morgan fingerprint density at radius 1 is 1.25 bits per heavy atom. The fourth-order valence-electron chi connectivity index (χ4n) is 2.13. The summed E-state index contributed by atoms with van der Waals surface area (Å²) in [5.41, 5.74) is 3.08. The number of hydrogen-bond acceptors (Lipinski definition) is 4. The highest BCUT2D eigenvalue weighted by atomic mass is 32.1. The van der Waals surface area contributed by atoms with Crippen LogP contribution in [0.3, 0.4) is 0 Å². The summed E-state index contributed by atoms with van der Waals surface area (Å²) in [4.78, 5) is 1.38. The third kappa shape index (κ3) is 3.38. The summed E-state index contributed by atoms with van der Waals surface area (Å²) in [6.45, 7) is 3.71. The maximum atomic E-state index is 8.96. The van der Waals surface area contributed by atoms with E-state index in [2.05, 4.69) is 29.8 Å². The minimum absolute atomic E-state index is 0.660. The van der Waals surface area contributed by atoms with Gasteiger partial charge in [0.15, 0.2) is 0 Å². The van der Waals surface area contributed by atoms with Gasteiger partial charge in [-0.1, -0.05) is 6.92 Å². The highest BCUT2D eigenvalue weighted by molar-refractivity contribution is 7.10. The van der Waals surface area contributed by atoms with Crippen molar-refractivity contribution >= 4 is 11.3 Å². The van der Waals surface area contributed by atoms with Gasteiger partial charge in [0.2, 0.25) is 0 Å². The summed E-state index contributed by atoms with van der Waals surface area (Å²) in [7, 11) is 1.65. The SMILES string of the molecule is CCc1ccsc1CNCc1cc(C#N)ccc1OC. The van der Waals surface area contributed by atoms with Crippen LogP contribution in [0.25, 0.3) is 0 Å². The van der Waals surface area contributed by atoms with Gasteiger partial charge < -0.3 is 10.1 Å². The molecule has 0 aliphatic heterocycles. The molecule has 1 heterocycles. The molecule has 4 heteroatoms. The van der Waals surface area contributed by atoms with Crippen LogP contribution in [0.1, 0.15) is 28.5 Å². The summed E-state index contributed by atoms with van der Waals surface area (Å²) in [6.07, 6.45) is 1.06. The van der Waals surface area contributed by atoms with Gasteiger partial charge in [-0.25, -0.2) is 0 Å².